The van der Waals surface area contributed by atoms with Crippen molar-refractivity contribution >= 4 is 40.5 Å². The Morgan fingerprint density at radius 2 is 1.86 bits per heavy atom. The summed E-state index contributed by atoms with van der Waals surface area (Å²) in [6.07, 6.45) is -0.836. The highest BCUT2D eigenvalue weighted by molar-refractivity contribution is 6.68. The Morgan fingerprint density at radius 1 is 1.14 bits per heavy atom. The minimum atomic E-state index is -1.72. The molecule has 1 aliphatic heterocycles. The molecule has 1 atom stereocenters. The van der Waals surface area contributed by atoms with E-state index in [9.17, 15) is 4.79 Å². The minimum Gasteiger partial charge on any atom is -0.494 e. The van der Waals surface area contributed by atoms with Gasteiger partial charge in [0.25, 0.3) is 5.56 Å². The predicted octanol–water partition coefficient (Wildman–Crippen LogP) is 4.67. The molecule has 0 unspecified atom stereocenters. The summed E-state index contributed by atoms with van der Waals surface area (Å²) in [5.74, 6) is 1.04. The van der Waals surface area contributed by atoms with Crippen LogP contribution in [0.25, 0.3) is 22.6 Å². The number of para-hydroxylation sites is 1. The minimum absolute atomic E-state index is 0.159. The van der Waals surface area contributed by atoms with Gasteiger partial charge >= 0.3 is 0 Å². The van der Waals surface area contributed by atoms with Gasteiger partial charge in [0.05, 0.1) is 6.61 Å². The molecule has 9 heteroatoms. The lowest BCUT2D eigenvalue weighted by atomic mass is 10.1. The monoisotopic (exact) mass is 436 g/mol. The van der Waals surface area contributed by atoms with Crippen LogP contribution in [0.5, 0.6) is 5.75 Å². The van der Waals surface area contributed by atoms with E-state index < -0.39 is 15.5 Å². The maximum atomic E-state index is 12.7. The van der Waals surface area contributed by atoms with Gasteiger partial charge < -0.3 is 10.1 Å². The molecule has 144 valence electrons. The third kappa shape index (κ3) is 3.43. The van der Waals surface area contributed by atoms with Gasteiger partial charge in [0.1, 0.15) is 5.75 Å². The fourth-order valence-electron chi connectivity index (χ4n) is 3.05. The number of benzene rings is 2. The van der Waals surface area contributed by atoms with Crippen LogP contribution in [-0.4, -0.2) is 25.2 Å². The molecule has 1 N–H and O–H groups in total. The first-order valence-electron chi connectivity index (χ1n) is 8.55. The van der Waals surface area contributed by atoms with Gasteiger partial charge in [0.15, 0.2) is 17.7 Å². The molecule has 3 aromatic rings. The number of aromatic nitrogens is 3. The first kappa shape index (κ1) is 19.1. The number of halogens is 3. The standard InChI is InChI=1S/C19H15Cl3N4O2/c1-2-28-12-9-7-11(8-10-12)15-17(27)24-16-13-5-3-4-6-14(13)23-18(19(20,21)22)26(16)25-15/h3-10,18,23H,2H2,1H3/t18-/m0/s1. The van der Waals surface area contributed by atoms with Crippen molar-refractivity contribution in [3.8, 4) is 28.4 Å². The van der Waals surface area contributed by atoms with E-state index in [4.69, 9.17) is 39.5 Å². The van der Waals surface area contributed by atoms with Crippen LogP contribution >= 0.6 is 34.8 Å². The Bertz CT molecular complexity index is 1080. The zero-order chi connectivity index (χ0) is 19.9. The van der Waals surface area contributed by atoms with Crippen molar-refractivity contribution in [2.24, 2.45) is 0 Å². The molecule has 0 aliphatic carbocycles. The zero-order valence-electron chi connectivity index (χ0n) is 14.7. The van der Waals surface area contributed by atoms with Crippen LogP contribution in [0.15, 0.2) is 53.3 Å². The molecule has 28 heavy (non-hydrogen) atoms. The van der Waals surface area contributed by atoms with Crippen molar-refractivity contribution in [2.45, 2.75) is 16.9 Å². The lowest BCUT2D eigenvalue weighted by Crippen LogP contribution is -2.38. The van der Waals surface area contributed by atoms with Crippen molar-refractivity contribution in [2.75, 3.05) is 11.9 Å². The Labute approximate surface area is 176 Å². The Kier molecular flexibility index (Phi) is 4.95. The molecule has 0 amide bonds. The van der Waals surface area contributed by atoms with Crippen LogP contribution in [0.1, 0.15) is 13.1 Å². The van der Waals surface area contributed by atoms with E-state index >= 15 is 0 Å². The maximum absolute atomic E-state index is 12.7. The van der Waals surface area contributed by atoms with Crippen LogP contribution in [-0.2, 0) is 0 Å². The van der Waals surface area contributed by atoms with Gasteiger partial charge in [-0.05, 0) is 43.3 Å². The van der Waals surface area contributed by atoms with E-state index in [1.165, 1.54) is 4.68 Å². The number of alkyl halides is 3. The highest BCUT2D eigenvalue weighted by atomic mass is 35.6. The Balaban J connectivity index is 1.88. The molecule has 4 rings (SSSR count). The molecular weight excluding hydrogens is 423 g/mol. The fourth-order valence-corrected chi connectivity index (χ4v) is 3.49. The first-order valence-corrected chi connectivity index (χ1v) is 9.68. The summed E-state index contributed by atoms with van der Waals surface area (Å²) in [5, 5.41) is 7.65. The zero-order valence-corrected chi connectivity index (χ0v) is 17.0. The Hall–Kier alpha value is -2.28. The molecule has 0 saturated heterocycles. The predicted molar refractivity (Wildman–Crippen MR) is 111 cm³/mol. The van der Waals surface area contributed by atoms with E-state index in [2.05, 4.69) is 15.4 Å². The summed E-state index contributed by atoms with van der Waals surface area (Å²) in [6.45, 7) is 2.45. The normalized spacial score (nSPS) is 15.4. The third-order valence-electron chi connectivity index (χ3n) is 4.29. The summed E-state index contributed by atoms with van der Waals surface area (Å²) in [4.78, 5) is 17.0. The van der Waals surface area contributed by atoms with E-state index in [-0.39, 0.29) is 5.69 Å². The summed E-state index contributed by atoms with van der Waals surface area (Å²) >= 11 is 18.6. The van der Waals surface area contributed by atoms with Crippen LogP contribution < -0.4 is 15.6 Å². The summed E-state index contributed by atoms with van der Waals surface area (Å²) in [5.41, 5.74) is 1.71. The average molecular weight is 438 g/mol. The van der Waals surface area contributed by atoms with Gasteiger partial charge in [-0.25, -0.2) is 4.68 Å². The van der Waals surface area contributed by atoms with Gasteiger partial charge in [-0.1, -0.05) is 46.9 Å². The summed E-state index contributed by atoms with van der Waals surface area (Å²) < 4.78 is 5.16. The number of hydrogen-bond donors (Lipinski definition) is 1. The van der Waals surface area contributed by atoms with Crippen LogP contribution in [0, 0.1) is 0 Å². The molecule has 0 fully saturated rings. The smallest absolute Gasteiger partial charge is 0.300 e. The quantitative estimate of drug-likeness (QED) is 0.603. The summed E-state index contributed by atoms with van der Waals surface area (Å²) in [7, 11) is 0. The van der Waals surface area contributed by atoms with Gasteiger partial charge in [0, 0.05) is 16.8 Å². The van der Waals surface area contributed by atoms with Crippen LogP contribution in [0.3, 0.4) is 0 Å². The highest BCUT2D eigenvalue weighted by Gasteiger charge is 2.40. The van der Waals surface area contributed by atoms with Crippen LogP contribution in [0.2, 0.25) is 0 Å². The van der Waals surface area contributed by atoms with Crippen molar-refractivity contribution in [3.63, 3.8) is 0 Å². The fraction of sp³-hybridized carbons (Fsp3) is 0.211. The lowest BCUT2D eigenvalue weighted by Gasteiger charge is -2.34. The number of hydrogen-bond acceptors (Lipinski definition) is 5. The second kappa shape index (κ2) is 7.28. The van der Waals surface area contributed by atoms with Crippen molar-refractivity contribution in [1.29, 1.82) is 0 Å². The SMILES string of the molecule is CCOc1ccc(-c2nn3c(nc2=O)-c2ccccc2N[C@@H]3C(Cl)(Cl)Cl)cc1. The molecule has 1 aromatic heterocycles. The molecule has 2 heterocycles. The maximum Gasteiger partial charge on any atom is 0.300 e. The third-order valence-corrected chi connectivity index (χ3v) is 4.91. The Morgan fingerprint density at radius 3 is 2.54 bits per heavy atom. The van der Waals surface area contributed by atoms with E-state index in [0.29, 0.717) is 35.0 Å². The van der Waals surface area contributed by atoms with Crippen molar-refractivity contribution in [1.82, 2.24) is 14.8 Å². The highest BCUT2D eigenvalue weighted by Crippen LogP contribution is 2.44. The molecule has 0 bridgehead atoms. The second-order valence-electron chi connectivity index (χ2n) is 6.13. The summed E-state index contributed by atoms with van der Waals surface area (Å²) in [6, 6.07) is 14.4. The molecule has 0 spiro atoms. The van der Waals surface area contributed by atoms with Gasteiger partial charge in [-0.15, -0.1) is 0 Å². The van der Waals surface area contributed by atoms with Crippen molar-refractivity contribution in [3.05, 3.63) is 58.9 Å². The number of anilines is 1. The number of rotatable bonds is 3. The molecule has 0 saturated carbocycles. The molecule has 0 radical (unpaired) electrons. The topological polar surface area (TPSA) is 69.0 Å². The van der Waals surface area contributed by atoms with Gasteiger partial charge in [-0.3, -0.25) is 4.79 Å². The largest absolute Gasteiger partial charge is 0.494 e. The number of fused-ring (bicyclic) bond motifs is 3. The van der Waals surface area contributed by atoms with E-state index in [1.54, 1.807) is 24.3 Å². The number of ether oxygens (including phenoxy) is 1. The lowest BCUT2D eigenvalue weighted by molar-refractivity contribution is 0.340. The van der Waals surface area contributed by atoms with Crippen molar-refractivity contribution < 1.29 is 4.74 Å². The van der Waals surface area contributed by atoms with Crippen LogP contribution in [0.4, 0.5) is 5.69 Å². The molecule has 1 aliphatic rings. The number of nitrogens with one attached hydrogen (secondary N) is 1. The van der Waals surface area contributed by atoms with Gasteiger partial charge in [0.2, 0.25) is 3.79 Å². The second-order valence-corrected chi connectivity index (χ2v) is 8.49. The van der Waals surface area contributed by atoms with Gasteiger partial charge in [-0.2, -0.15) is 10.1 Å². The molecule has 2 aromatic carbocycles. The van der Waals surface area contributed by atoms with E-state index in [1.807, 2.05) is 31.2 Å². The molecular formula is C19H15Cl3N4O2. The number of nitrogens with zero attached hydrogens (tertiary/aromatic N) is 3. The average Bonchev–Trinajstić information content (AvgIpc) is 2.67. The van der Waals surface area contributed by atoms with E-state index in [0.717, 1.165) is 0 Å². The molecule has 6 nitrogen and oxygen atoms in total. The first-order chi connectivity index (χ1) is 13.4.